The number of aromatic nitrogens is 2. The lowest BCUT2D eigenvalue weighted by Crippen LogP contribution is -2.44. The van der Waals surface area contributed by atoms with Crippen LogP contribution in [-0.2, 0) is 4.74 Å². The van der Waals surface area contributed by atoms with Gasteiger partial charge in [0, 0.05) is 19.0 Å². The smallest absolute Gasteiger partial charge is 0.410 e. The Labute approximate surface area is 153 Å². The highest BCUT2D eigenvalue weighted by atomic mass is 32.2. The van der Waals surface area contributed by atoms with E-state index in [0.717, 1.165) is 19.4 Å². The van der Waals surface area contributed by atoms with Crippen molar-refractivity contribution in [2.75, 3.05) is 33.1 Å². The van der Waals surface area contributed by atoms with Crippen LogP contribution < -0.4 is 9.47 Å². The summed E-state index contributed by atoms with van der Waals surface area (Å²) in [7, 11) is 1.57. The molecule has 1 atom stereocenters. The van der Waals surface area contributed by atoms with E-state index in [1.165, 1.54) is 11.8 Å². The molecule has 1 aliphatic rings. The summed E-state index contributed by atoms with van der Waals surface area (Å²) >= 11 is 1.43. The minimum absolute atomic E-state index is 0.250. The molecule has 7 nitrogen and oxygen atoms in total. The minimum Gasteiger partial charge on any atom is -0.481 e. The van der Waals surface area contributed by atoms with Crippen LogP contribution in [0.25, 0.3) is 0 Å². The van der Waals surface area contributed by atoms with Crippen LogP contribution in [0, 0.1) is 5.92 Å². The molecule has 1 aromatic heterocycles. The standard InChI is InChI=1S/C17H27N3O4S/c1-17(2,3)24-16(21)20-8-6-7-12(10-20)11-23-14-9-13(22-4)18-15(19-14)25-5/h9,12H,6-8,10-11H2,1-5H3/t12-/m0/s1. The number of hydrogen-bond donors (Lipinski definition) is 0. The van der Waals surface area contributed by atoms with Crippen LogP contribution in [0.1, 0.15) is 33.6 Å². The fourth-order valence-corrected chi connectivity index (χ4v) is 2.91. The lowest BCUT2D eigenvalue weighted by molar-refractivity contribution is 0.0138. The van der Waals surface area contributed by atoms with Crippen molar-refractivity contribution >= 4 is 17.9 Å². The number of nitrogens with zero attached hydrogens (tertiary/aromatic N) is 3. The Kier molecular flexibility index (Phi) is 6.75. The van der Waals surface area contributed by atoms with E-state index in [-0.39, 0.29) is 12.0 Å². The fraction of sp³-hybridized carbons (Fsp3) is 0.706. The average molecular weight is 369 g/mol. The van der Waals surface area contributed by atoms with E-state index in [2.05, 4.69) is 9.97 Å². The summed E-state index contributed by atoms with van der Waals surface area (Å²) in [5.41, 5.74) is -0.480. The molecule has 1 saturated heterocycles. The van der Waals surface area contributed by atoms with E-state index in [4.69, 9.17) is 14.2 Å². The molecule has 0 aliphatic carbocycles. The SMILES string of the molecule is COc1cc(OC[C@H]2CCCN(C(=O)OC(C)(C)C)C2)nc(SC)n1. The first kappa shape index (κ1) is 19.6. The number of hydrogen-bond acceptors (Lipinski definition) is 7. The van der Waals surface area contributed by atoms with Gasteiger partial charge in [0.15, 0.2) is 5.16 Å². The quantitative estimate of drug-likeness (QED) is 0.583. The van der Waals surface area contributed by atoms with Crippen molar-refractivity contribution in [1.29, 1.82) is 0 Å². The maximum Gasteiger partial charge on any atom is 0.410 e. The van der Waals surface area contributed by atoms with E-state index in [9.17, 15) is 4.79 Å². The third-order valence-corrected chi connectivity index (χ3v) is 4.24. The zero-order valence-electron chi connectivity index (χ0n) is 15.6. The number of carbonyl (C=O) groups is 1. The van der Waals surface area contributed by atoms with E-state index < -0.39 is 5.60 Å². The number of amides is 1. The molecule has 0 bridgehead atoms. The number of likely N-dealkylation sites (tertiary alicyclic amines) is 1. The van der Waals surface area contributed by atoms with Crippen molar-refractivity contribution in [2.24, 2.45) is 5.92 Å². The summed E-state index contributed by atoms with van der Waals surface area (Å²) < 4.78 is 16.5. The Bertz CT molecular complexity index is 569. The topological polar surface area (TPSA) is 73.8 Å². The fourth-order valence-electron chi connectivity index (χ4n) is 2.55. The molecular formula is C17H27N3O4S. The number of rotatable bonds is 5. The van der Waals surface area contributed by atoms with Gasteiger partial charge in [0.2, 0.25) is 11.8 Å². The van der Waals surface area contributed by atoms with Crippen molar-refractivity contribution in [3.05, 3.63) is 6.07 Å². The largest absolute Gasteiger partial charge is 0.481 e. The van der Waals surface area contributed by atoms with E-state index in [1.54, 1.807) is 18.1 Å². The minimum atomic E-state index is -0.480. The van der Waals surface area contributed by atoms with Gasteiger partial charge in [-0.25, -0.2) is 4.79 Å². The maximum atomic E-state index is 12.2. The zero-order valence-corrected chi connectivity index (χ0v) is 16.4. The monoisotopic (exact) mass is 369 g/mol. The van der Waals surface area contributed by atoms with Gasteiger partial charge < -0.3 is 19.1 Å². The van der Waals surface area contributed by atoms with E-state index in [0.29, 0.717) is 30.1 Å². The Hall–Kier alpha value is -1.70. The highest BCUT2D eigenvalue weighted by molar-refractivity contribution is 7.98. The van der Waals surface area contributed by atoms with Gasteiger partial charge in [-0.1, -0.05) is 11.8 Å². The van der Waals surface area contributed by atoms with Crippen LogP contribution >= 0.6 is 11.8 Å². The molecule has 0 saturated carbocycles. The first-order valence-corrected chi connectivity index (χ1v) is 9.61. The van der Waals surface area contributed by atoms with Crippen LogP contribution in [0.5, 0.6) is 11.8 Å². The lowest BCUT2D eigenvalue weighted by atomic mass is 9.99. The van der Waals surface area contributed by atoms with Gasteiger partial charge in [-0.05, 0) is 39.9 Å². The van der Waals surface area contributed by atoms with Gasteiger partial charge in [0.1, 0.15) is 5.60 Å². The summed E-state index contributed by atoms with van der Waals surface area (Å²) in [5, 5.41) is 0.605. The second kappa shape index (κ2) is 8.60. The predicted molar refractivity (Wildman–Crippen MR) is 96.4 cm³/mol. The Morgan fingerprint density at radius 3 is 2.72 bits per heavy atom. The van der Waals surface area contributed by atoms with Crippen LogP contribution in [0.3, 0.4) is 0 Å². The maximum absolute atomic E-state index is 12.2. The number of methoxy groups -OCH3 is 1. The predicted octanol–water partition coefficient (Wildman–Crippen LogP) is 3.23. The zero-order chi connectivity index (χ0) is 18.4. The number of carbonyl (C=O) groups excluding carboxylic acids is 1. The Morgan fingerprint density at radius 2 is 2.08 bits per heavy atom. The average Bonchev–Trinajstić information content (AvgIpc) is 2.58. The van der Waals surface area contributed by atoms with Crippen molar-refractivity contribution in [3.63, 3.8) is 0 Å². The summed E-state index contributed by atoms with van der Waals surface area (Å²) in [6.45, 7) is 7.48. The molecule has 1 aliphatic heterocycles. The van der Waals surface area contributed by atoms with Gasteiger partial charge in [-0.3, -0.25) is 0 Å². The molecule has 0 N–H and O–H groups in total. The molecule has 1 amide bonds. The molecule has 0 aromatic carbocycles. The summed E-state index contributed by atoms with van der Waals surface area (Å²) in [5.74, 6) is 1.22. The highest BCUT2D eigenvalue weighted by Crippen LogP contribution is 2.23. The van der Waals surface area contributed by atoms with Crippen LogP contribution in [0.2, 0.25) is 0 Å². The second-order valence-electron chi connectivity index (χ2n) is 6.98. The number of thioether (sulfide) groups is 1. The molecule has 0 spiro atoms. The third kappa shape index (κ3) is 6.26. The molecule has 2 heterocycles. The van der Waals surface area contributed by atoms with Gasteiger partial charge in [0.05, 0.1) is 19.8 Å². The lowest BCUT2D eigenvalue weighted by Gasteiger charge is -2.33. The van der Waals surface area contributed by atoms with E-state index >= 15 is 0 Å². The van der Waals surface area contributed by atoms with Crippen LogP contribution in [-0.4, -0.2) is 59.6 Å². The van der Waals surface area contributed by atoms with Crippen molar-refractivity contribution in [1.82, 2.24) is 14.9 Å². The summed E-state index contributed by atoms with van der Waals surface area (Å²) in [6.07, 6.45) is 3.59. The van der Waals surface area contributed by atoms with Crippen LogP contribution in [0.4, 0.5) is 4.79 Å². The van der Waals surface area contributed by atoms with Gasteiger partial charge in [-0.15, -0.1) is 0 Å². The molecule has 25 heavy (non-hydrogen) atoms. The van der Waals surface area contributed by atoms with E-state index in [1.807, 2.05) is 27.0 Å². The Balaban J connectivity index is 1.91. The first-order valence-electron chi connectivity index (χ1n) is 8.38. The number of ether oxygens (including phenoxy) is 3. The first-order chi connectivity index (χ1) is 11.8. The van der Waals surface area contributed by atoms with Gasteiger partial charge in [0.25, 0.3) is 0 Å². The van der Waals surface area contributed by atoms with Crippen molar-refractivity contribution in [3.8, 4) is 11.8 Å². The molecular weight excluding hydrogens is 342 g/mol. The molecule has 8 heteroatoms. The highest BCUT2D eigenvalue weighted by Gasteiger charge is 2.28. The molecule has 0 unspecified atom stereocenters. The third-order valence-electron chi connectivity index (χ3n) is 3.69. The van der Waals surface area contributed by atoms with Gasteiger partial charge >= 0.3 is 6.09 Å². The molecule has 1 fully saturated rings. The van der Waals surface area contributed by atoms with Crippen LogP contribution in [0.15, 0.2) is 11.2 Å². The second-order valence-corrected chi connectivity index (χ2v) is 7.75. The summed E-state index contributed by atoms with van der Waals surface area (Å²) in [6, 6.07) is 1.67. The normalized spacial score (nSPS) is 18.0. The molecule has 0 radical (unpaired) electrons. The number of piperidine rings is 1. The molecule has 2 rings (SSSR count). The molecule has 140 valence electrons. The summed E-state index contributed by atoms with van der Waals surface area (Å²) in [4.78, 5) is 22.5. The molecule has 1 aromatic rings. The van der Waals surface area contributed by atoms with Gasteiger partial charge in [-0.2, -0.15) is 9.97 Å². The van der Waals surface area contributed by atoms with Crippen molar-refractivity contribution < 1.29 is 19.0 Å². The van der Waals surface area contributed by atoms with Crippen molar-refractivity contribution in [2.45, 2.75) is 44.4 Å². The Morgan fingerprint density at radius 1 is 1.36 bits per heavy atom.